The molecule has 3 unspecified atom stereocenters. The van der Waals surface area contributed by atoms with E-state index in [4.69, 9.17) is 5.26 Å². The predicted molar refractivity (Wildman–Crippen MR) is 71.5 cm³/mol. The van der Waals surface area contributed by atoms with E-state index in [9.17, 15) is 4.79 Å². The number of carbonyl (C=O) groups excluding carboxylic acids is 1. The lowest BCUT2D eigenvalue weighted by Gasteiger charge is -2.23. The van der Waals surface area contributed by atoms with E-state index in [0.29, 0.717) is 0 Å². The fourth-order valence-corrected chi connectivity index (χ4v) is 3.37. The number of rotatable bonds is 1. The smallest absolute Gasteiger partial charge is 0.237 e. The maximum atomic E-state index is 11.7. The molecule has 3 nitrogen and oxygen atoms in total. The molecule has 0 radical (unpaired) electrons. The molecule has 0 aromatic heterocycles. The van der Waals surface area contributed by atoms with Gasteiger partial charge in [0.15, 0.2) is 0 Å². The number of hydrogen-bond acceptors (Lipinski definition) is 3. The molecule has 1 aromatic rings. The molecule has 18 heavy (non-hydrogen) atoms. The Labute approximate surface area is 111 Å². The molecule has 1 aliphatic carbocycles. The molecule has 2 aliphatic rings. The van der Waals surface area contributed by atoms with E-state index in [1.54, 1.807) is 11.8 Å². The van der Waals surface area contributed by atoms with Gasteiger partial charge in [-0.25, -0.2) is 0 Å². The van der Waals surface area contributed by atoms with Gasteiger partial charge in [0.25, 0.3) is 0 Å². The first kappa shape index (κ1) is 11.6. The summed E-state index contributed by atoms with van der Waals surface area (Å²) in [5.74, 6) is 0.170. The topological polar surface area (TPSA) is 52.9 Å². The van der Waals surface area contributed by atoms with Crippen LogP contribution in [0.1, 0.15) is 25.8 Å². The Balaban J connectivity index is 1.96. The Kier molecular flexibility index (Phi) is 2.43. The van der Waals surface area contributed by atoms with Crippen molar-refractivity contribution in [3.8, 4) is 6.07 Å². The van der Waals surface area contributed by atoms with Crippen LogP contribution in [0.15, 0.2) is 23.1 Å². The number of thioether (sulfide) groups is 1. The monoisotopic (exact) mass is 258 g/mol. The zero-order chi connectivity index (χ0) is 12.9. The molecule has 1 saturated carbocycles. The number of nitriles is 1. The summed E-state index contributed by atoms with van der Waals surface area (Å²) < 4.78 is 0. The number of nitrogens with zero attached hydrogens (tertiary/aromatic N) is 1. The number of hydrogen-bond donors (Lipinski definition) is 1. The summed E-state index contributed by atoms with van der Waals surface area (Å²) in [6.45, 7) is 4.02. The summed E-state index contributed by atoms with van der Waals surface area (Å²) >= 11 is 1.59. The average molecular weight is 258 g/mol. The summed E-state index contributed by atoms with van der Waals surface area (Å²) in [6, 6.07) is 8.51. The van der Waals surface area contributed by atoms with Gasteiger partial charge in [-0.05, 0) is 31.0 Å². The van der Waals surface area contributed by atoms with Gasteiger partial charge in [0.1, 0.15) is 0 Å². The van der Waals surface area contributed by atoms with Gasteiger partial charge in [-0.15, -0.1) is 11.8 Å². The van der Waals surface area contributed by atoms with Crippen molar-refractivity contribution < 1.29 is 4.79 Å². The number of nitrogens with one attached hydrogen (secondary N) is 1. The SMILES string of the molecule is CC1Sc2ccc(C3(C)CC3C#N)cc2NC1=O. The van der Waals surface area contributed by atoms with Crippen LogP contribution in [-0.2, 0) is 10.2 Å². The Morgan fingerprint density at radius 2 is 2.33 bits per heavy atom. The number of benzene rings is 1. The molecule has 92 valence electrons. The number of carbonyl (C=O) groups is 1. The Morgan fingerprint density at radius 1 is 1.56 bits per heavy atom. The molecule has 0 bridgehead atoms. The normalized spacial score (nSPS) is 33.3. The maximum absolute atomic E-state index is 11.7. The fraction of sp³-hybridized carbons (Fsp3) is 0.429. The highest BCUT2D eigenvalue weighted by atomic mass is 32.2. The van der Waals surface area contributed by atoms with Crippen LogP contribution in [0.25, 0.3) is 0 Å². The number of amides is 1. The lowest BCUT2D eigenvalue weighted by molar-refractivity contribution is -0.115. The zero-order valence-electron chi connectivity index (χ0n) is 10.4. The van der Waals surface area contributed by atoms with Gasteiger partial charge in [0.05, 0.1) is 22.9 Å². The summed E-state index contributed by atoms with van der Waals surface area (Å²) in [7, 11) is 0. The van der Waals surface area contributed by atoms with E-state index in [0.717, 1.165) is 22.6 Å². The van der Waals surface area contributed by atoms with E-state index < -0.39 is 0 Å². The minimum absolute atomic E-state index is 0.0256. The van der Waals surface area contributed by atoms with Crippen molar-refractivity contribution >= 4 is 23.4 Å². The first-order valence-corrected chi connectivity index (χ1v) is 6.94. The van der Waals surface area contributed by atoms with Gasteiger partial charge in [0.2, 0.25) is 5.91 Å². The summed E-state index contributed by atoms with van der Waals surface area (Å²) in [4.78, 5) is 12.8. The largest absolute Gasteiger partial charge is 0.324 e. The second-order valence-corrected chi connectivity index (χ2v) is 6.65. The fourth-order valence-electron chi connectivity index (χ4n) is 2.44. The minimum atomic E-state index is -0.0354. The molecule has 3 rings (SSSR count). The Morgan fingerprint density at radius 3 is 3.00 bits per heavy atom. The van der Waals surface area contributed by atoms with Crippen molar-refractivity contribution in [1.82, 2.24) is 0 Å². The first-order chi connectivity index (χ1) is 8.54. The lowest BCUT2D eigenvalue weighted by Crippen LogP contribution is -2.26. The van der Waals surface area contributed by atoms with E-state index >= 15 is 0 Å². The third-order valence-electron chi connectivity index (χ3n) is 3.96. The second-order valence-electron chi connectivity index (χ2n) is 5.26. The molecule has 1 amide bonds. The van der Waals surface area contributed by atoms with Gasteiger partial charge in [0, 0.05) is 10.3 Å². The lowest BCUT2D eigenvalue weighted by atomic mass is 9.95. The quantitative estimate of drug-likeness (QED) is 0.842. The first-order valence-electron chi connectivity index (χ1n) is 6.06. The van der Waals surface area contributed by atoms with E-state index in [-0.39, 0.29) is 22.5 Å². The molecule has 0 saturated heterocycles. The molecule has 1 aromatic carbocycles. The van der Waals surface area contributed by atoms with Gasteiger partial charge >= 0.3 is 0 Å². The van der Waals surface area contributed by atoms with E-state index in [1.165, 1.54) is 0 Å². The van der Waals surface area contributed by atoms with Crippen molar-refractivity contribution in [3.05, 3.63) is 23.8 Å². The predicted octanol–water partition coefficient (Wildman–Crippen LogP) is 2.92. The van der Waals surface area contributed by atoms with Crippen molar-refractivity contribution in [2.75, 3.05) is 5.32 Å². The van der Waals surface area contributed by atoms with Crippen LogP contribution in [0, 0.1) is 17.2 Å². The molecular weight excluding hydrogens is 244 g/mol. The van der Waals surface area contributed by atoms with Crippen molar-refractivity contribution in [1.29, 1.82) is 5.26 Å². The highest BCUT2D eigenvalue weighted by Gasteiger charge is 2.52. The van der Waals surface area contributed by atoms with Crippen molar-refractivity contribution in [2.45, 2.75) is 35.8 Å². The summed E-state index contributed by atoms with van der Waals surface area (Å²) in [5, 5.41) is 11.9. The summed E-state index contributed by atoms with van der Waals surface area (Å²) in [6.07, 6.45) is 0.916. The van der Waals surface area contributed by atoms with Gasteiger partial charge < -0.3 is 5.32 Å². The average Bonchev–Trinajstić information content (AvgIpc) is 3.03. The second kappa shape index (κ2) is 3.76. The van der Waals surface area contributed by atoms with Crippen LogP contribution in [0.2, 0.25) is 0 Å². The number of anilines is 1. The van der Waals surface area contributed by atoms with Crippen LogP contribution < -0.4 is 5.32 Å². The highest BCUT2D eigenvalue weighted by molar-refractivity contribution is 8.00. The van der Waals surface area contributed by atoms with Crippen molar-refractivity contribution in [2.24, 2.45) is 5.92 Å². The number of fused-ring (bicyclic) bond motifs is 1. The molecule has 4 heteroatoms. The third kappa shape index (κ3) is 1.62. The summed E-state index contributed by atoms with van der Waals surface area (Å²) in [5.41, 5.74) is 2.02. The van der Waals surface area contributed by atoms with Crippen molar-refractivity contribution in [3.63, 3.8) is 0 Å². The van der Waals surface area contributed by atoms with Gasteiger partial charge in [-0.3, -0.25) is 4.79 Å². The van der Waals surface area contributed by atoms with Crippen LogP contribution in [0.3, 0.4) is 0 Å². The molecular formula is C14H14N2OS. The molecule has 1 heterocycles. The van der Waals surface area contributed by atoms with E-state index in [1.807, 2.05) is 13.0 Å². The van der Waals surface area contributed by atoms with Crippen LogP contribution >= 0.6 is 11.8 Å². The van der Waals surface area contributed by atoms with Gasteiger partial charge in [-0.1, -0.05) is 13.0 Å². The molecule has 3 atom stereocenters. The molecule has 1 fully saturated rings. The molecule has 1 aliphatic heterocycles. The molecule has 1 N–H and O–H groups in total. The molecule has 0 spiro atoms. The van der Waals surface area contributed by atoms with Gasteiger partial charge in [-0.2, -0.15) is 5.26 Å². The Hall–Kier alpha value is -1.47. The standard InChI is InChI=1S/C14H14N2OS/c1-8-13(17)16-11-5-9(3-4-12(11)18-8)14(2)6-10(14)7-15/h3-5,8,10H,6H2,1-2H3,(H,16,17). The Bertz CT molecular complexity index is 578. The van der Waals surface area contributed by atoms with Crippen LogP contribution in [0.5, 0.6) is 0 Å². The third-order valence-corrected chi connectivity index (χ3v) is 5.14. The van der Waals surface area contributed by atoms with Crippen LogP contribution in [0.4, 0.5) is 5.69 Å². The highest BCUT2D eigenvalue weighted by Crippen LogP contribution is 2.54. The van der Waals surface area contributed by atoms with E-state index in [2.05, 4.69) is 30.4 Å². The maximum Gasteiger partial charge on any atom is 0.237 e. The van der Waals surface area contributed by atoms with Crippen LogP contribution in [-0.4, -0.2) is 11.2 Å². The zero-order valence-corrected chi connectivity index (χ0v) is 11.2. The minimum Gasteiger partial charge on any atom is -0.324 e.